The number of rotatable bonds is 5. The molecule has 1 saturated heterocycles. The number of anilines is 1. The SMILES string of the molecule is O=C(COC(=O)c1ccc(N2C(=O)[C@@H]3C[C@H](Br)[C@@H](Br)C[C@H]3C2=O)cc1)c1ccccc1. The Labute approximate surface area is 196 Å². The van der Waals surface area contributed by atoms with Gasteiger partial charge in [0.1, 0.15) is 0 Å². The van der Waals surface area contributed by atoms with E-state index >= 15 is 0 Å². The zero-order chi connectivity index (χ0) is 22.1. The number of carbonyl (C=O) groups is 4. The Hall–Kier alpha value is -2.32. The van der Waals surface area contributed by atoms with Crippen LogP contribution in [0.25, 0.3) is 0 Å². The number of carbonyl (C=O) groups excluding carboxylic acids is 4. The van der Waals surface area contributed by atoms with Crippen molar-refractivity contribution < 1.29 is 23.9 Å². The molecule has 4 atom stereocenters. The second-order valence-electron chi connectivity index (χ2n) is 7.64. The number of nitrogens with zero attached hydrogens (tertiary/aromatic N) is 1. The van der Waals surface area contributed by atoms with Crippen LogP contribution in [0.15, 0.2) is 54.6 Å². The minimum Gasteiger partial charge on any atom is -0.454 e. The Morgan fingerprint density at radius 1 is 0.839 bits per heavy atom. The summed E-state index contributed by atoms with van der Waals surface area (Å²) in [5.41, 5.74) is 1.13. The van der Waals surface area contributed by atoms with Crippen molar-refractivity contribution in [3.8, 4) is 0 Å². The third kappa shape index (κ3) is 4.36. The van der Waals surface area contributed by atoms with Gasteiger partial charge in [-0.15, -0.1) is 0 Å². The van der Waals surface area contributed by atoms with E-state index in [1.54, 1.807) is 42.5 Å². The molecule has 0 N–H and O–H groups in total. The molecule has 0 unspecified atom stereocenters. The molecule has 6 nitrogen and oxygen atoms in total. The minimum absolute atomic E-state index is 0.140. The molecule has 31 heavy (non-hydrogen) atoms. The molecule has 0 aromatic heterocycles. The van der Waals surface area contributed by atoms with Gasteiger partial charge in [0.05, 0.1) is 23.1 Å². The van der Waals surface area contributed by atoms with Crippen LogP contribution in [0.5, 0.6) is 0 Å². The number of ether oxygens (including phenoxy) is 1. The molecule has 2 fully saturated rings. The molecule has 4 rings (SSSR count). The van der Waals surface area contributed by atoms with E-state index in [2.05, 4.69) is 31.9 Å². The maximum Gasteiger partial charge on any atom is 0.338 e. The van der Waals surface area contributed by atoms with E-state index in [0.717, 1.165) is 0 Å². The van der Waals surface area contributed by atoms with Crippen LogP contribution in [0.1, 0.15) is 33.6 Å². The standard InChI is InChI=1S/C23H19Br2NO5/c24-18-10-16-17(11-19(18)25)22(29)26(21(16)28)15-8-6-14(7-9-15)23(30)31-12-20(27)13-4-2-1-3-5-13/h1-9,16-19H,10-12H2/t16-,17-,18+,19+/m1/s1. The van der Waals surface area contributed by atoms with Gasteiger partial charge in [0.25, 0.3) is 0 Å². The average Bonchev–Trinajstić information content (AvgIpc) is 3.02. The first-order valence-electron chi connectivity index (χ1n) is 9.88. The summed E-state index contributed by atoms with van der Waals surface area (Å²) in [6.45, 7) is -0.363. The van der Waals surface area contributed by atoms with E-state index in [-0.39, 0.29) is 51.3 Å². The first-order valence-corrected chi connectivity index (χ1v) is 11.7. The summed E-state index contributed by atoms with van der Waals surface area (Å²) in [7, 11) is 0. The molecule has 1 aliphatic heterocycles. The number of halogens is 2. The van der Waals surface area contributed by atoms with Crippen molar-refractivity contribution in [2.24, 2.45) is 11.8 Å². The topological polar surface area (TPSA) is 80.8 Å². The highest BCUT2D eigenvalue weighted by atomic mass is 79.9. The first-order chi connectivity index (χ1) is 14.9. The highest BCUT2D eigenvalue weighted by molar-refractivity contribution is 9.12. The molecule has 2 aromatic rings. The lowest BCUT2D eigenvalue weighted by atomic mass is 9.81. The van der Waals surface area contributed by atoms with E-state index in [1.165, 1.54) is 17.0 Å². The van der Waals surface area contributed by atoms with Gasteiger partial charge >= 0.3 is 5.97 Å². The third-order valence-corrected chi connectivity index (χ3v) is 8.44. The molecule has 1 heterocycles. The number of amides is 2. The quantitative estimate of drug-likeness (QED) is 0.243. The predicted molar refractivity (Wildman–Crippen MR) is 122 cm³/mol. The van der Waals surface area contributed by atoms with Crippen molar-refractivity contribution in [2.45, 2.75) is 22.5 Å². The third-order valence-electron chi connectivity index (χ3n) is 5.70. The molecule has 2 amide bonds. The monoisotopic (exact) mass is 547 g/mol. The zero-order valence-corrected chi connectivity index (χ0v) is 19.5. The van der Waals surface area contributed by atoms with Gasteiger partial charge in [-0.2, -0.15) is 0 Å². The molecular weight excluding hydrogens is 530 g/mol. The molecule has 1 saturated carbocycles. The van der Waals surface area contributed by atoms with Crippen molar-refractivity contribution in [1.29, 1.82) is 0 Å². The summed E-state index contributed by atoms with van der Waals surface area (Å²) >= 11 is 7.15. The van der Waals surface area contributed by atoms with Gasteiger partial charge in [-0.1, -0.05) is 62.2 Å². The summed E-state index contributed by atoms with van der Waals surface area (Å²) in [6.07, 6.45) is 1.20. The predicted octanol–water partition coefficient (Wildman–Crippen LogP) is 4.15. The normalized spacial score (nSPS) is 25.3. The van der Waals surface area contributed by atoms with E-state index in [0.29, 0.717) is 24.1 Å². The van der Waals surface area contributed by atoms with E-state index in [1.807, 2.05) is 0 Å². The van der Waals surface area contributed by atoms with Crippen LogP contribution < -0.4 is 4.90 Å². The fourth-order valence-electron chi connectivity index (χ4n) is 4.02. The lowest BCUT2D eigenvalue weighted by Crippen LogP contribution is -2.34. The van der Waals surface area contributed by atoms with Crippen LogP contribution in [0.3, 0.4) is 0 Å². The number of imide groups is 1. The van der Waals surface area contributed by atoms with E-state index in [4.69, 9.17) is 4.74 Å². The summed E-state index contributed by atoms with van der Waals surface area (Å²) in [4.78, 5) is 51.6. The lowest BCUT2D eigenvalue weighted by molar-refractivity contribution is -0.122. The van der Waals surface area contributed by atoms with Gasteiger partial charge in [0.2, 0.25) is 11.8 Å². The minimum atomic E-state index is -0.646. The maximum atomic E-state index is 12.9. The number of benzene rings is 2. The first kappa shape index (κ1) is 21.9. The Morgan fingerprint density at radius 2 is 1.39 bits per heavy atom. The highest BCUT2D eigenvalue weighted by Crippen LogP contribution is 2.44. The second kappa shape index (κ2) is 9.04. The number of alkyl halides is 2. The van der Waals surface area contributed by atoms with Crippen molar-refractivity contribution in [3.05, 3.63) is 65.7 Å². The Bertz CT molecular complexity index is 996. The van der Waals surface area contributed by atoms with Crippen LogP contribution in [-0.2, 0) is 14.3 Å². The molecule has 0 spiro atoms. The number of hydrogen-bond donors (Lipinski definition) is 0. The fraction of sp³-hybridized carbons (Fsp3) is 0.304. The Kier molecular flexibility index (Phi) is 6.39. The molecule has 2 aromatic carbocycles. The van der Waals surface area contributed by atoms with Gasteiger partial charge in [0, 0.05) is 15.2 Å². The van der Waals surface area contributed by atoms with Crippen LogP contribution in [-0.4, -0.2) is 39.8 Å². The molecule has 0 bridgehead atoms. The number of hydrogen-bond acceptors (Lipinski definition) is 5. The van der Waals surface area contributed by atoms with E-state index < -0.39 is 5.97 Å². The average molecular weight is 549 g/mol. The van der Waals surface area contributed by atoms with Crippen LogP contribution in [0, 0.1) is 11.8 Å². The number of Topliss-reactive ketones (excluding diaryl/α,β-unsaturated/α-hetero) is 1. The molecule has 2 aliphatic rings. The number of fused-ring (bicyclic) bond motifs is 1. The van der Waals surface area contributed by atoms with Crippen molar-refractivity contribution >= 4 is 61.1 Å². The van der Waals surface area contributed by atoms with Crippen LogP contribution >= 0.6 is 31.9 Å². The van der Waals surface area contributed by atoms with Crippen molar-refractivity contribution in [1.82, 2.24) is 0 Å². The molecule has 8 heteroatoms. The number of esters is 1. The molecular formula is C23H19Br2NO5. The fourth-order valence-corrected chi connectivity index (χ4v) is 5.26. The van der Waals surface area contributed by atoms with Crippen LogP contribution in [0.4, 0.5) is 5.69 Å². The lowest BCUT2D eigenvalue weighted by Gasteiger charge is -2.29. The smallest absolute Gasteiger partial charge is 0.338 e. The van der Waals surface area contributed by atoms with Crippen molar-refractivity contribution in [2.75, 3.05) is 11.5 Å². The summed E-state index contributed by atoms with van der Waals surface area (Å²) < 4.78 is 5.11. The summed E-state index contributed by atoms with van der Waals surface area (Å²) in [5.74, 6) is -2.02. The Balaban J connectivity index is 1.42. The van der Waals surface area contributed by atoms with Gasteiger partial charge in [-0.3, -0.25) is 19.3 Å². The molecule has 160 valence electrons. The Morgan fingerprint density at radius 3 is 1.94 bits per heavy atom. The van der Waals surface area contributed by atoms with Gasteiger partial charge in [-0.25, -0.2) is 4.79 Å². The van der Waals surface area contributed by atoms with E-state index in [9.17, 15) is 19.2 Å². The van der Waals surface area contributed by atoms with Crippen molar-refractivity contribution in [3.63, 3.8) is 0 Å². The van der Waals surface area contributed by atoms with Gasteiger partial charge in [0.15, 0.2) is 12.4 Å². The second-order valence-corrected chi connectivity index (χ2v) is 9.99. The molecule has 0 radical (unpaired) electrons. The summed E-state index contributed by atoms with van der Waals surface area (Å²) in [5, 5.41) is 0. The summed E-state index contributed by atoms with van der Waals surface area (Å²) in [6, 6.07) is 14.7. The largest absolute Gasteiger partial charge is 0.454 e. The number of ketones is 1. The molecule has 1 aliphatic carbocycles. The van der Waals surface area contributed by atoms with Crippen LogP contribution in [0.2, 0.25) is 0 Å². The van der Waals surface area contributed by atoms with Gasteiger partial charge < -0.3 is 4.74 Å². The maximum absolute atomic E-state index is 12.9. The zero-order valence-electron chi connectivity index (χ0n) is 16.4. The highest BCUT2D eigenvalue weighted by Gasteiger charge is 2.52. The van der Waals surface area contributed by atoms with Gasteiger partial charge in [-0.05, 0) is 37.1 Å².